The van der Waals surface area contributed by atoms with Crippen LogP contribution in [-0.2, 0) is 19.8 Å². The zero-order valence-corrected chi connectivity index (χ0v) is 20.0. The third kappa shape index (κ3) is 23.2. The van der Waals surface area contributed by atoms with E-state index >= 15 is 0 Å². The van der Waals surface area contributed by atoms with E-state index in [2.05, 4.69) is 15.9 Å². The molecule has 0 fully saturated rings. The van der Waals surface area contributed by atoms with E-state index in [-0.39, 0.29) is 142 Å². The van der Waals surface area contributed by atoms with Crippen LogP contribution in [0.4, 0.5) is 0 Å². The Labute approximate surface area is 158 Å². The first-order chi connectivity index (χ1) is 1.00. The maximum Gasteiger partial charge on any atom is 2.00 e. The summed E-state index contributed by atoms with van der Waals surface area (Å²) in [6.45, 7) is 0. The Morgan fingerprint density at radius 1 is 1.33 bits per heavy atom. The fraction of sp³-hybridized carbons (Fsp3) is 0. The van der Waals surface area contributed by atoms with Crippen molar-refractivity contribution in [3.05, 3.63) is 0 Å². The van der Waals surface area contributed by atoms with Crippen LogP contribution in [0.15, 0.2) is 0 Å². The number of hydrogen-bond donors (Lipinski definition) is 0. The average Bonchev–Trinajstić information content (AvgIpc) is 1.00. The van der Waals surface area contributed by atoms with Gasteiger partial charge in [0.2, 0.25) is 0 Å². The molecule has 0 aliphatic carbocycles. The van der Waals surface area contributed by atoms with Gasteiger partial charge in [-0.2, -0.15) is 0 Å². The molecule has 36 valence electrons. The van der Waals surface area contributed by atoms with Crippen molar-refractivity contribution >= 4 is 137 Å². The summed E-state index contributed by atoms with van der Waals surface area (Å²) in [6, 6.07) is 0. The number of hydrogen-bond acceptors (Lipinski definition) is 1. The smallest absolute Gasteiger partial charge is 0 e. The molecule has 1 radical (unpaired) electrons. The second-order valence-corrected chi connectivity index (χ2v) is 0. The Balaban J connectivity index is -0.000000000179. The van der Waals surface area contributed by atoms with E-state index in [1.165, 1.54) is 0 Å². The molecule has 0 bridgehead atoms. The molecule has 0 heterocycles. The minimum Gasteiger partial charge on any atom is 0 e. The Hall–Kier alpha value is 4.86. The van der Waals surface area contributed by atoms with Crippen molar-refractivity contribution in [2.24, 2.45) is 0 Å². The van der Waals surface area contributed by atoms with Crippen molar-refractivity contribution in [1.82, 2.24) is 0 Å². The van der Waals surface area contributed by atoms with Gasteiger partial charge >= 0.3 is 129 Å². The zero-order chi connectivity index (χ0) is 2.00. The molecule has 0 saturated heterocycles. The van der Waals surface area contributed by atoms with Gasteiger partial charge < -0.3 is 5.71 Å². The molecule has 0 unspecified atom stereocenters. The van der Waals surface area contributed by atoms with Gasteiger partial charge in [-0.25, -0.2) is 0 Å². The maximum atomic E-state index is 7.81. The molecule has 0 rings (SSSR count). The Morgan fingerprint density at radius 3 is 1.33 bits per heavy atom. The monoisotopic (exact) mass is 628 g/mol. The van der Waals surface area contributed by atoms with Crippen LogP contribution in [0.1, 0.15) is 5.71 Å². The van der Waals surface area contributed by atoms with Crippen LogP contribution in [0, 0.1) is 0 Å². The van der Waals surface area contributed by atoms with E-state index in [0.29, 0.717) is 0 Å². The standard InChI is InChI=1S/Bi.Ca.Cu.O.Sr.Tl.7H/q;+2;;;+2;;;;;4*-1. The van der Waals surface area contributed by atoms with Gasteiger partial charge in [0.1, 0.15) is 0 Å². The topological polar surface area (TPSA) is 17.1 Å². The van der Waals surface area contributed by atoms with Crippen molar-refractivity contribution in [1.29, 1.82) is 0 Å². The molecule has 0 spiro atoms. The Bertz CT molecular complexity index is 25.2. The van der Waals surface area contributed by atoms with Crippen LogP contribution < -0.4 is 0 Å². The first-order valence-electron chi connectivity index (χ1n) is 0.123. The molecule has 0 amide bonds. The summed E-state index contributed by atoms with van der Waals surface area (Å²) in [5.41, 5.74) is 0. The Kier molecular flexibility index (Phi) is 168. The molecule has 0 saturated carbocycles. The van der Waals surface area contributed by atoms with Crippen LogP contribution >= 0.6 is 0 Å². The van der Waals surface area contributed by atoms with Crippen LogP contribution in [-0.4, -0.2) is 137 Å². The van der Waals surface area contributed by atoms with Gasteiger partial charge in [0, 0.05) is 27.3 Å². The van der Waals surface area contributed by atoms with Gasteiger partial charge in [-0.05, 0) is 0 Å². The van der Waals surface area contributed by atoms with Gasteiger partial charge in [0.15, 0.2) is 0 Å². The van der Waals surface area contributed by atoms with E-state index in [9.17, 15) is 0 Å². The molecular formula is H7BiCaCuOSrTl. The van der Waals surface area contributed by atoms with E-state index in [1.807, 2.05) is 0 Å². The van der Waals surface area contributed by atoms with Crippen LogP contribution in [0.2, 0.25) is 0 Å². The molecule has 0 aromatic rings. The minimum absolute atomic E-state index is 0. The number of rotatable bonds is 0. The van der Waals surface area contributed by atoms with Crippen LogP contribution in [0.5, 0.6) is 0 Å². The van der Waals surface area contributed by atoms with E-state index in [1.54, 1.807) is 0 Å². The predicted molar refractivity (Wildman–Crippen MR) is 32.3 cm³/mol. The second-order valence-electron chi connectivity index (χ2n) is 0. The molecule has 0 aromatic carbocycles. The van der Waals surface area contributed by atoms with Gasteiger partial charge in [0.25, 0.3) is 0 Å². The molecule has 0 aliphatic heterocycles. The average molecular weight is 628 g/mol. The van der Waals surface area contributed by atoms with E-state index < -0.39 is 0 Å². The fourth-order valence-electron chi connectivity index (χ4n) is 0. The SMILES string of the molecule is [BiH3].[Ca+2].[H-].[H-].[H-].[H-].[O]=[Cu].[Sr+2].[Tl]. The minimum atomic E-state index is 0. The van der Waals surface area contributed by atoms with Crippen molar-refractivity contribution in [2.45, 2.75) is 0 Å². The first-order valence-corrected chi connectivity index (χ1v) is 0.508. The van der Waals surface area contributed by atoms with Crippen molar-refractivity contribution in [3.8, 4) is 0 Å². The summed E-state index contributed by atoms with van der Waals surface area (Å²) < 4.78 is 7.81. The zero-order valence-electron chi connectivity index (χ0n) is 7.41. The first kappa shape index (κ1) is 30.7. The van der Waals surface area contributed by atoms with Gasteiger partial charge in [-0.1, -0.05) is 0 Å². The molecule has 1 nitrogen and oxygen atoms in total. The van der Waals surface area contributed by atoms with Crippen LogP contribution in [0.25, 0.3) is 0 Å². The predicted octanol–water partition coefficient (Wildman–Crippen LogP) is -2.00. The summed E-state index contributed by atoms with van der Waals surface area (Å²) in [6.07, 6.45) is 0. The molecule has 0 atom stereocenters. The Morgan fingerprint density at radius 2 is 1.33 bits per heavy atom. The van der Waals surface area contributed by atoms with Crippen molar-refractivity contribution in [3.63, 3.8) is 0 Å². The summed E-state index contributed by atoms with van der Waals surface area (Å²) >= 11 is 2.94. The maximum absolute atomic E-state index is 7.81. The largest absolute Gasteiger partial charge is 2.00 e. The molecule has 0 aromatic heterocycles. The van der Waals surface area contributed by atoms with E-state index in [4.69, 9.17) is 3.83 Å². The summed E-state index contributed by atoms with van der Waals surface area (Å²) in [5.74, 6) is 0. The normalized spacial score (nSPS) is 1.00. The van der Waals surface area contributed by atoms with Gasteiger partial charge in [-0.15, -0.1) is 0 Å². The van der Waals surface area contributed by atoms with Crippen molar-refractivity contribution in [2.75, 3.05) is 0 Å². The van der Waals surface area contributed by atoms with Gasteiger partial charge in [-0.3, -0.25) is 0 Å². The molecule has 0 N–H and O–H groups in total. The summed E-state index contributed by atoms with van der Waals surface area (Å²) in [5, 5.41) is 0. The molecular weight excluding hydrogens is 621 g/mol. The summed E-state index contributed by atoms with van der Waals surface area (Å²) in [4.78, 5) is 0. The second kappa shape index (κ2) is 32.8. The summed E-state index contributed by atoms with van der Waals surface area (Å²) in [7, 11) is 0. The van der Waals surface area contributed by atoms with Crippen LogP contribution in [0.3, 0.4) is 0 Å². The molecule has 6 heteroatoms. The van der Waals surface area contributed by atoms with E-state index in [0.717, 1.165) is 0 Å². The molecule has 6 heavy (non-hydrogen) atoms. The van der Waals surface area contributed by atoms with Crippen molar-refractivity contribution < 1.29 is 25.5 Å². The molecule has 0 aliphatic rings. The van der Waals surface area contributed by atoms with Gasteiger partial charge in [0.05, 0.1) is 0 Å². The fourth-order valence-corrected chi connectivity index (χ4v) is 0. The quantitative estimate of drug-likeness (QED) is 0.285. The third-order valence-corrected chi connectivity index (χ3v) is 0. The third-order valence-electron chi connectivity index (χ3n) is 0.